The normalized spacial score (nSPS) is 10.5. The fourth-order valence-electron chi connectivity index (χ4n) is 2.28. The number of nitrogens with zero attached hydrogens (tertiary/aromatic N) is 3. The van der Waals surface area contributed by atoms with E-state index in [1.807, 2.05) is 19.1 Å². The first-order chi connectivity index (χ1) is 10.1. The van der Waals surface area contributed by atoms with E-state index >= 15 is 0 Å². The predicted molar refractivity (Wildman–Crippen MR) is 101 cm³/mol. The molecule has 3 rings (SSSR count). The summed E-state index contributed by atoms with van der Waals surface area (Å²) in [5, 5.41) is 7.77. The van der Waals surface area contributed by atoms with Crippen molar-refractivity contribution in [3.05, 3.63) is 56.6 Å². The minimum atomic E-state index is 0. The Balaban J connectivity index is 0.00000176. The smallest absolute Gasteiger partial charge is 0.0951 e. The van der Waals surface area contributed by atoms with Gasteiger partial charge in [0.25, 0.3) is 0 Å². The van der Waals surface area contributed by atoms with Gasteiger partial charge in [-0.2, -0.15) is 5.10 Å². The van der Waals surface area contributed by atoms with Crippen molar-refractivity contribution in [1.82, 2.24) is 14.8 Å². The third-order valence-electron chi connectivity index (χ3n) is 3.33. The lowest BCUT2D eigenvalue weighted by Gasteiger charge is -2.02. The lowest BCUT2D eigenvalue weighted by atomic mass is 10.2. The molecule has 0 fully saturated rings. The fraction of sp³-hybridized carbons (Fsp3) is 0.250. The zero-order valence-corrected chi connectivity index (χ0v) is 16.5. The molecule has 0 amide bonds. The molecule has 0 atom stereocenters. The van der Waals surface area contributed by atoms with E-state index in [0.717, 1.165) is 39.4 Å². The van der Waals surface area contributed by atoms with Crippen LogP contribution in [0.5, 0.6) is 0 Å². The van der Waals surface area contributed by atoms with E-state index in [-0.39, 0.29) is 17.0 Å². The van der Waals surface area contributed by atoms with Crippen LogP contribution in [-0.2, 0) is 13.0 Å². The van der Waals surface area contributed by atoms with Crippen molar-refractivity contribution in [2.24, 2.45) is 0 Å². The van der Waals surface area contributed by atoms with Crippen molar-refractivity contribution < 1.29 is 0 Å². The van der Waals surface area contributed by atoms with Crippen molar-refractivity contribution in [3.8, 4) is 11.3 Å². The Morgan fingerprint density at radius 2 is 1.91 bits per heavy atom. The highest BCUT2D eigenvalue weighted by Gasteiger charge is 2.06. The summed E-state index contributed by atoms with van der Waals surface area (Å²) in [6.45, 7) is 5.00. The molecule has 0 saturated heterocycles. The Bertz CT molecular complexity index is 747. The maximum Gasteiger partial charge on any atom is 0.0951 e. The van der Waals surface area contributed by atoms with E-state index < -0.39 is 0 Å². The average Bonchev–Trinajstić information content (AvgIpc) is 3.04. The van der Waals surface area contributed by atoms with Crippen molar-refractivity contribution in [2.75, 3.05) is 0 Å². The van der Waals surface area contributed by atoms with Crippen molar-refractivity contribution in [1.29, 1.82) is 0 Å². The van der Waals surface area contributed by atoms with Gasteiger partial charge in [-0.25, -0.2) is 4.98 Å². The van der Waals surface area contributed by atoms with Gasteiger partial charge in [-0.15, -0.1) is 28.3 Å². The van der Waals surface area contributed by atoms with Gasteiger partial charge in [-0.05, 0) is 32.0 Å². The van der Waals surface area contributed by atoms with E-state index in [4.69, 9.17) is 4.98 Å². The molecule has 116 valence electrons. The molecule has 2 heterocycles. The van der Waals surface area contributed by atoms with Gasteiger partial charge >= 0.3 is 0 Å². The lowest BCUT2D eigenvalue weighted by Crippen LogP contribution is -2.05. The summed E-state index contributed by atoms with van der Waals surface area (Å²) in [5.74, 6) is 0. The van der Waals surface area contributed by atoms with Crippen LogP contribution in [0.25, 0.3) is 11.3 Å². The Labute approximate surface area is 153 Å². The first-order valence-electron chi connectivity index (χ1n) is 6.83. The standard InChI is InChI=1S/C16H16BrN3S.BrH/c1-11-9-12(2)20(19-11)8-7-16-18-15(10-21-16)13-3-5-14(17)6-4-13;/h3-6,9-10H,7-8H2,1-2H3;1H. The molecule has 3 nitrogen and oxygen atoms in total. The van der Waals surface area contributed by atoms with Gasteiger partial charge in [0, 0.05) is 34.1 Å². The molecule has 0 radical (unpaired) electrons. The second kappa shape index (κ2) is 7.53. The van der Waals surface area contributed by atoms with Crippen LogP contribution >= 0.6 is 44.2 Å². The highest BCUT2D eigenvalue weighted by atomic mass is 79.9. The largest absolute Gasteiger partial charge is 0.269 e. The van der Waals surface area contributed by atoms with Gasteiger partial charge in [0.2, 0.25) is 0 Å². The summed E-state index contributed by atoms with van der Waals surface area (Å²) >= 11 is 5.17. The van der Waals surface area contributed by atoms with Crippen LogP contribution in [0, 0.1) is 13.8 Å². The molecule has 0 spiro atoms. The number of benzene rings is 1. The number of halogens is 2. The fourth-order valence-corrected chi connectivity index (χ4v) is 3.34. The highest BCUT2D eigenvalue weighted by Crippen LogP contribution is 2.24. The predicted octanol–water partition coefficient (Wildman–Crippen LogP) is 5.21. The maximum absolute atomic E-state index is 4.72. The number of hydrogen-bond acceptors (Lipinski definition) is 3. The van der Waals surface area contributed by atoms with E-state index in [2.05, 4.69) is 56.2 Å². The first-order valence-corrected chi connectivity index (χ1v) is 8.50. The van der Waals surface area contributed by atoms with E-state index in [1.165, 1.54) is 5.69 Å². The molecule has 0 saturated carbocycles. The monoisotopic (exact) mass is 441 g/mol. The van der Waals surface area contributed by atoms with Crippen molar-refractivity contribution >= 4 is 44.2 Å². The summed E-state index contributed by atoms with van der Waals surface area (Å²) in [6.07, 6.45) is 0.920. The molecule has 3 aromatic rings. The molecule has 0 N–H and O–H groups in total. The van der Waals surface area contributed by atoms with Gasteiger partial charge < -0.3 is 0 Å². The number of aryl methyl sites for hydroxylation is 4. The van der Waals surface area contributed by atoms with Crippen LogP contribution in [0.4, 0.5) is 0 Å². The summed E-state index contributed by atoms with van der Waals surface area (Å²) in [7, 11) is 0. The molecular weight excluding hydrogens is 426 g/mol. The van der Waals surface area contributed by atoms with Gasteiger partial charge in [0.1, 0.15) is 0 Å². The topological polar surface area (TPSA) is 30.7 Å². The number of thiazole rings is 1. The van der Waals surface area contributed by atoms with Gasteiger partial charge in [0.15, 0.2) is 0 Å². The first kappa shape index (κ1) is 17.4. The Kier molecular flexibility index (Phi) is 5.94. The SMILES string of the molecule is Br.Cc1cc(C)n(CCc2nc(-c3ccc(Br)cc3)cs2)n1. The number of rotatable bonds is 4. The Morgan fingerprint density at radius 1 is 1.18 bits per heavy atom. The minimum Gasteiger partial charge on any atom is -0.269 e. The van der Waals surface area contributed by atoms with Crippen LogP contribution in [0.1, 0.15) is 16.4 Å². The molecule has 22 heavy (non-hydrogen) atoms. The van der Waals surface area contributed by atoms with Gasteiger partial charge in [-0.1, -0.05) is 28.1 Å². The molecule has 6 heteroatoms. The second-order valence-electron chi connectivity index (χ2n) is 5.03. The van der Waals surface area contributed by atoms with E-state index in [0.29, 0.717) is 0 Å². The summed E-state index contributed by atoms with van der Waals surface area (Å²) in [4.78, 5) is 4.72. The molecule has 0 bridgehead atoms. The van der Waals surface area contributed by atoms with Gasteiger partial charge in [-0.3, -0.25) is 4.68 Å². The molecule has 0 aliphatic rings. The molecule has 0 aliphatic carbocycles. The minimum absolute atomic E-state index is 0. The van der Waals surface area contributed by atoms with Crippen molar-refractivity contribution in [3.63, 3.8) is 0 Å². The number of aromatic nitrogens is 3. The summed E-state index contributed by atoms with van der Waals surface area (Å²) in [6, 6.07) is 10.4. The van der Waals surface area contributed by atoms with Crippen LogP contribution in [-0.4, -0.2) is 14.8 Å². The third kappa shape index (κ3) is 4.06. The Morgan fingerprint density at radius 3 is 2.55 bits per heavy atom. The maximum atomic E-state index is 4.72. The van der Waals surface area contributed by atoms with Crippen LogP contribution in [0.15, 0.2) is 40.2 Å². The molecular formula is C16H17Br2N3S. The summed E-state index contributed by atoms with van der Waals surface area (Å²) < 4.78 is 3.14. The van der Waals surface area contributed by atoms with Gasteiger partial charge in [0.05, 0.1) is 16.4 Å². The lowest BCUT2D eigenvalue weighted by molar-refractivity contribution is 0.593. The number of hydrogen-bond donors (Lipinski definition) is 0. The Hall–Kier alpha value is -0.980. The highest BCUT2D eigenvalue weighted by molar-refractivity contribution is 9.10. The van der Waals surface area contributed by atoms with E-state index in [9.17, 15) is 0 Å². The average molecular weight is 443 g/mol. The molecule has 0 aliphatic heterocycles. The zero-order valence-electron chi connectivity index (χ0n) is 12.4. The zero-order chi connectivity index (χ0) is 14.8. The van der Waals surface area contributed by atoms with Crippen molar-refractivity contribution in [2.45, 2.75) is 26.8 Å². The quantitative estimate of drug-likeness (QED) is 0.555. The van der Waals surface area contributed by atoms with Crippen LogP contribution in [0.2, 0.25) is 0 Å². The van der Waals surface area contributed by atoms with Crippen LogP contribution in [0.3, 0.4) is 0 Å². The third-order valence-corrected chi connectivity index (χ3v) is 4.77. The molecule has 2 aromatic heterocycles. The summed E-state index contributed by atoms with van der Waals surface area (Å²) in [5.41, 5.74) is 4.49. The molecule has 0 unspecified atom stereocenters. The van der Waals surface area contributed by atoms with E-state index in [1.54, 1.807) is 11.3 Å². The molecule has 1 aromatic carbocycles. The van der Waals surface area contributed by atoms with Crippen LogP contribution < -0.4 is 0 Å². The second-order valence-corrected chi connectivity index (χ2v) is 6.89.